The monoisotopic (exact) mass is 451 g/mol. The highest BCUT2D eigenvalue weighted by Gasteiger charge is 2.30. The quantitative estimate of drug-likeness (QED) is 0.426. The fourth-order valence-electron chi connectivity index (χ4n) is 2.76. The van der Waals surface area contributed by atoms with Crippen molar-refractivity contribution in [3.05, 3.63) is 76.3 Å². The van der Waals surface area contributed by atoms with Crippen molar-refractivity contribution in [1.82, 2.24) is 15.1 Å². The Morgan fingerprint density at radius 1 is 1.12 bits per heavy atom. The van der Waals surface area contributed by atoms with Gasteiger partial charge in [0.1, 0.15) is 17.1 Å². The topological polar surface area (TPSA) is 93.5 Å². The fourth-order valence-corrected chi connectivity index (χ4v) is 2.76. The van der Waals surface area contributed by atoms with Gasteiger partial charge in [0.25, 0.3) is 17.9 Å². The fraction of sp³-hybridized carbons (Fsp3) is 0.190. The third-order valence-electron chi connectivity index (χ3n) is 4.42. The van der Waals surface area contributed by atoms with Crippen molar-refractivity contribution < 1.29 is 32.2 Å². The van der Waals surface area contributed by atoms with E-state index in [-0.39, 0.29) is 11.4 Å². The molecule has 0 aliphatic heterocycles. The Kier molecular flexibility index (Phi) is 6.89. The smallest absolute Gasteiger partial charge is 0.284 e. The number of ether oxygens (including phenoxy) is 1. The summed E-state index contributed by atoms with van der Waals surface area (Å²) in [7, 11) is 1.46. The number of carbonyl (C=O) groups is 1. The van der Waals surface area contributed by atoms with Crippen LogP contribution < -0.4 is 15.6 Å². The Morgan fingerprint density at radius 2 is 1.81 bits per heavy atom. The lowest BCUT2D eigenvalue weighted by molar-refractivity contribution is -0.0551. The van der Waals surface area contributed by atoms with Crippen molar-refractivity contribution in [3.8, 4) is 22.7 Å². The van der Waals surface area contributed by atoms with E-state index in [0.29, 0.717) is 11.3 Å². The van der Waals surface area contributed by atoms with Crippen LogP contribution in [-0.4, -0.2) is 46.7 Å². The Bertz CT molecular complexity index is 1170. The second-order valence-electron chi connectivity index (χ2n) is 6.57. The van der Waals surface area contributed by atoms with E-state index in [4.69, 9.17) is 9.84 Å². The van der Waals surface area contributed by atoms with E-state index in [2.05, 4.69) is 5.10 Å². The molecule has 1 amide bonds. The Morgan fingerprint density at radius 3 is 2.41 bits per heavy atom. The zero-order valence-corrected chi connectivity index (χ0v) is 16.5. The first-order valence-corrected chi connectivity index (χ1v) is 9.17. The largest absolute Gasteiger partial charge is 0.497 e. The maximum Gasteiger partial charge on any atom is 0.284 e. The molecule has 168 valence electrons. The summed E-state index contributed by atoms with van der Waals surface area (Å²) in [5.41, 5.74) is -1.23. The van der Waals surface area contributed by atoms with E-state index in [1.165, 1.54) is 24.6 Å². The minimum Gasteiger partial charge on any atom is -0.497 e. The van der Waals surface area contributed by atoms with E-state index < -0.39 is 41.7 Å². The molecule has 0 saturated carbocycles. The molecule has 11 heteroatoms. The summed E-state index contributed by atoms with van der Waals surface area (Å²) >= 11 is 0. The number of aliphatic hydroxyl groups is 1. The van der Waals surface area contributed by atoms with Gasteiger partial charge in [-0.1, -0.05) is 6.07 Å². The van der Waals surface area contributed by atoms with E-state index in [9.17, 15) is 27.2 Å². The summed E-state index contributed by atoms with van der Waals surface area (Å²) in [4.78, 5) is 25.4. The molecule has 1 heterocycles. The number of aliphatic hydroxyl groups excluding tert-OH is 1. The van der Waals surface area contributed by atoms with Gasteiger partial charge in [-0.05, 0) is 48.5 Å². The van der Waals surface area contributed by atoms with Gasteiger partial charge in [0.2, 0.25) is 6.30 Å². The van der Waals surface area contributed by atoms with Crippen molar-refractivity contribution in [2.45, 2.75) is 18.8 Å². The van der Waals surface area contributed by atoms with E-state index >= 15 is 0 Å². The van der Waals surface area contributed by atoms with Gasteiger partial charge in [-0.3, -0.25) is 9.59 Å². The van der Waals surface area contributed by atoms with Gasteiger partial charge < -0.3 is 15.2 Å². The molecule has 0 fully saturated rings. The van der Waals surface area contributed by atoms with E-state index in [1.807, 2.05) is 0 Å². The maximum atomic E-state index is 13.8. The molecule has 0 radical (unpaired) electrons. The molecule has 3 rings (SSSR count). The SMILES string of the molecule is COc1ccc(-c2cc(C(=O)NC(F)C(O)C(F)F)c(=O)n(-c3cccc(F)c3)n2)cc1. The summed E-state index contributed by atoms with van der Waals surface area (Å²) in [6, 6.07) is 12.2. The van der Waals surface area contributed by atoms with Crippen LogP contribution in [0.3, 0.4) is 0 Å². The van der Waals surface area contributed by atoms with Gasteiger partial charge in [-0.2, -0.15) is 9.78 Å². The minimum atomic E-state index is -3.46. The van der Waals surface area contributed by atoms with Crippen LogP contribution in [0.1, 0.15) is 10.4 Å². The molecule has 2 aromatic carbocycles. The highest BCUT2D eigenvalue weighted by Crippen LogP contribution is 2.21. The van der Waals surface area contributed by atoms with Gasteiger partial charge in [0.15, 0.2) is 6.10 Å². The molecule has 0 saturated heterocycles. The predicted molar refractivity (Wildman–Crippen MR) is 106 cm³/mol. The van der Waals surface area contributed by atoms with Gasteiger partial charge in [0, 0.05) is 5.56 Å². The summed E-state index contributed by atoms with van der Waals surface area (Å²) in [5.74, 6) is -1.52. The number of methoxy groups -OCH3 is 1. The van der Waals surface area contributed by atoms with Crippen LogP contribution in [0.25, 0.3) is 16.9 Å². The standard InChI is InChI=1S/C21H17F4N3O4/c1-32-14-7-5-11(6-8-14)16-10-15(20(30)26-19(25)17(29)18(23)24)21(31)28(27-16)13-4-2-3-12(22)9-13/h2-10,17-19,29H,1H3,(H,26,30). The molecule has 0 aliphatic carbocycles. The summed E-state index contributed by atoms with van der Waals surface area (Å²) in [6.45, 7) is 0. The van der Waals surface area contributed by atoms with E-state index in [0.717, 1.165) is 22.9 Å². The molecule has 7 nitrogen and oxygen atoms in total. The Balaban J connectivity index is 2.11. The first kappa shape index (κ1) is 22.9. The highest BCUT2D eigenvalue weighted by molar-refractivity contribution is 5.95. The predicted octanol–water partition coefficient (Wildman–Crippen LogP) is 2.70. The average Bonchev–Trinajstić information content (AvgIpc) is 2.78. The van der Waals surface area contributed by atoms with Crippen LogP contribution in [0.15, 0.2) is 59.4 Å². The van der Waals surface area contributed by atoms with Crippen LogP contribution in [0.5, 0.6) is 5.75 Å². The number of halogens is 4. The third-order valence-corrected chi connectivity index (χ3v) is 4.42. The molecule has 0 bridgehead atoms. The second kappa shape index (κ2) is 9.60. The molecule has 2 unspecified atom stereocenters. The number of alkyl halides is 3. The number of aromatic nitrogens is 2. The molecule has 0 spiro atoms. The molecule has 0 aliphatic rings. The van der Waals surface area contributed by atoms with Crippen molar-refractivity contribution in [2.75, 3.05) is 7.11 Å². The number of amides is 1. The first-order valence-electron chi connectivity index (χ1n) is 9.17. The van der Waals surface area contributed by atoms with Gasteiger partial charge in [-0.25, -0.2) is 17.6 Å². The van der Waals surface area contributed by atoms with Gasteiger partial charge in [-0.15, -0.1) is 0 Å². The Hall–Kier alpha value is -3.73. The lowest BCUT2D eigenvalue weighted by Gasteiger charge is -2.17. The lowest BCUT2D eigenvalue weighted by Crippen LogP contribution is -2.45. The number of benzene rings is 2. The van der Waals surface area contributed by atoms with Crippen LogP contribution in [-0.2, 0) is 0 Å². The number of hydrogen-bond donors (Lipinski definition) is 2. The summed E-state index contributed by atoms with van der Waals surface area (Å²) in [6.07, 6.45) is -9.07. The van der Waals surface area contributed by atoms with Crippen LogP contribution in [0.2, 0.25) is 0 Å². The third kappa shape index (κ3) is 4.94. The average molecular weight is 451 g/mol. The number of rotatable bonds is 7. The molecular weight excluding hydrogens is 434 g/mol. The second-order valence-corrected chi connectivity index (χ2v) is 6.57. The number of nitrogens with one attached hydrogen (secondary N) is 1. The van der Waals surface area contributed by atoms with Crippen LogP contribution in [0, 0.1) is 5.82 Å². The summed E-state index contributed by atoms with van der Waals surface area (Å²) < 4.78 is 58.4. The normalized spacial score (nSPS) is 13.0. The van der Waals surface area contributed by atoms with E-state index in [1.54, 1.807) is 24.3 Å². The first-order chi connectivity index (χ1) is 15.2. The van der Waals surface area contributed by atoms with Crippen molar-refractivity contribution in [1.29, 1.82) is 0 Å². The van der Waals surface area contributed by atoms with Crippen LogP contribution >= 0.6 is 0 Å². The van der Waals surface area contributed by atoms with Crippen molar-refractivity contribution in [2.24, 2.45) is 0 Å². The molecule has 32 heavy (non-hydrogen) atoms. The molecule has 3 aromatic rings. The number of hydrogen-bond acceptors (Lipinski definition) is 5. The molecule has 2 N–H and O–H groups in total. The highest BCUT2D eigenvalue weighted by atomic mass is 19.3. The molecule has 1 aromatic heterocycles. The molecular formula is C21H17F4N3O4. The lowest BCUT2D eigenvalue weighted by atomic mass is 10.1. The molecule has 2 atom stereocenters. The minimum absolute atomic E-state index is 0.0242. The number of nitrogens with zero attached hydrogens (tertiary/aromatic N) is 2. The van der Waals surface area contributed by atoms with Crippen molar-refractivity contribution in [3.63, 3.8) is 0 Å². The van der Waals surface area contributed by atoms with Gasteiger partial charge in [0.05, 0.1) is 18.5 Å². The number of carbonyl (C=O) groups excluding carboxylic acids is 1. The summed E-state index contributed by atoms with van der Waals surface area (Å²) in [5, 5.41) is 14.8. The zero-order valence-electron chi connectivity index (χ0n) is 16.5. The maximum absolute atomic E-state index is 13.8. The van der Waals surface area contributed by atoms with Crippen molar-refractivity contribution >= 4 is 5.91 Å². The zero-order chi connectivity index (χ0) is 23.4. The van der Waals surface area contributed by atoms with Gasteiger partial charge >= 0.3 is 0 Å². The van der Waals surface area contributed by atoms with Crippen LogP contribution in [0.4, 0.5) is 17.6 Å². The Labute approximate surface area is 178 Å².